The highest BCUT2D eigenvalue weighted by Crippen LogP contribution is 2.33. The Bertz CT molecular complexity index is 1040. The minimum atomic E-state index is -0.272. The molecule has 0 aliphatic carbocycles. The lowest BCUT2D eigenvalue weighted by atomic mass is 10.1. The first-order valence-corrected chi connectivity index (χ1v) is 10.3. The number of hydrazone groups is 1. The molecule has 2 amide bonds. The van der Waals surface area contributed by atoms with Crippen LogP contribution in [0.15, 0.2) is 59.0 Å². The summed E-state index contributed by atoms with van der Waals surface area (Å²) in [5.41, 5.74) is 6.71. The van der Waals surface area contributed by atoms with Crippen LogP contribution in [0.2, 0.25) is 0 Å². The van der Waals surface area contributed by atoms with Gasteiger partial charge in [-0.15, -0.1) is 11.3 Å². The van der Waals surface area contributed by atoms with Gasteiger partial charge >= 0.3 is 0 Å². The lowest BCUT2D eigenvalue weighted by molar-refractivity contribution is -0.119. The number of amides is 2. The minimum Gasteiger partial charge on any atom is -0.376 e. The van der Waals surface area contributed by atoms with Crippen molar-refractivity contribution >= 4 is 45.9 Å². The Kier molecular flexibility index (Phi) is 6.92. The van der Waals surface area contributed by atoms with Gasteiger partial charge < -0.3 is 5.32 Å². The first kappa shape index (κ1) is 21.2. The molecule has 1 heterocycles. The van der Waals surface area contributed by atoms with Gasteiger partial charge in [-0.1, -0.05) is 36.4 Å². The third kappa shape index (κ3) is 5.30. The zero-order valence-corrected chi connectivity index (χ0v) is 17.9. The van der Waals surface area contributed by atoms with Crippen LogP contribution in [-0.2, 0) is 9.59 Å². The first-order valence-electron chi connectivity index (χ1n) is 9.39. The molecular weight excluding hydrogens is 398 g/mol. The molecule has 3 aromatic rings. The molecule has 7 nitrogen and oxygen atoms in total. The van der Waals surface area contributed by atoms with Gasteiger partial charge in [0.1, 0.15) is 0 Å². The largest absolute Gasteiger partial charge is 0.376 e. The van der Waals surface area contributed by atoms with Gasteiger partial charge in [0.2, 0.25) is 5.91 Å². The zero-order chi connectivity index (χ0) is 21.5. The number of carbonyl (C=O) groups excluding carboxylic acids is 2. The van der Waals surface area contributed by atoms with Crippen molar-refractivity contribution in [2.45, 2.75) is 20.8 Å². The molecule has 0 saturated heterocycles. The molecule has 0 aliphatic rings. The highest BCUT2D eigenvalue weighted by molar-refractivity contribution is 7.14. The number of carbonyl (C=O) groups is 2. The van der Waals surface area contributed by atoms with E-state index in [4.69, 9.17) is 0 Å². The Morgan fingerprint density at radius 1 is 1.10 bits per heavy atom. The van der Waals surface area contributed by atoms with Crippen LogP contribution in [0.4, 0.5) is 16.5 Å². The van der Waals surface area contributed by atoms with Crippen molar-refractivity contribution in [3.63, 3.8) is 0 Å². The fourth-order valence-electron chi connectivity index (χ4n) is 2.93. The molecule has 0 fully saturated rings. The van der Waals surface area contributed by atoms with Crippen LogP contribution in [0.5, 0.6) is 0 Å². The van der Waals surface area contributed by atoms with Gasteiger partial charge in [-0.05, 0) is 37.1 Å². The molecule has 30 heavy (non-hydrogen) atoms. The van der Waals surface area contributed by atoms with Crippen molar-refractivity contribution in [3.8, 4) is 0 Å². The molecule has 3 rings (SSSR count). The summed E-state index contributed by atoms with van der Waals surface area (Å²) in [5.74, 6) is -0.392. The lowest BCUT2D eigenvalue weighted by Gasteiger charge is -2.22. The predicted molar refractivity (Wildman–Crippen MR) is 122 cm³/mol. The maximum Gasteiger partial charge on any atom is 0.259 e. The van der Waals surface area contributed by atoms with Crippen LogP contribution >= 0.6 is 11.3 Å². The van der Waals surface area contributed by atoms with Crippen LogP contribution in [-0.4, -0.2) is 29.6 Å². The van der Waals surface area contributed by atoms with Crippen LogP contribution in [0.25, 0.3) is 0 Å². The van der Waals surface area contributed by atoms with E-state index in [0.717, 1.165) is 22.5 Å². The molecule has 0 bridgehead atoms. The Morgan fingerprint density at radius 3 is 2.47 bits per heavy atom. The average Bonchev–Trinajstić information content (AvgIpc) is 3.18. The number of rotatable bonds is 7. The van der Waals surface area contributed by atoms with E-state index in [1.54, 1.807) is 10.3 Å². The van der Waals surface area contributed by atoms with Gasteiger partial charge in [0.25, 0.3) is 5.91 Å². The van der Waals surface area contributed by atoms with Crippen LogP contribution in [0.1, 0.15) is 23.7 Å². The Labute approximate surface area is 179 Å². The van der Waals surface area contributed by atoms with Gasteiger partial charge in [0, 0.05) is 18.0 Å². The monoisotopic (exact) mass is 421 g/mol. The molecule has 0 atom stereocenters. The first-order chi connectivity index (χ1) is 14.5. The van der Waals surface area contributed by atoms with E-state index in [9.17, 15) is 9.59 Å². The normalized spacial score (nSPS) is 10.8. The second-order valence-corrected chi connectivity index (χ2v) is 7.50. The molecule has 0 saturated carbocycles. The summed E-state index contributed by atoms with van der Waals surface area (Å²) in [4.78, 5) is 30.4. The number of thiazole rings is 1. The number of anilines is 3. The summed E-state index contributed by atoms with van der Waals surface area (Å²) >= 11 is 1.34. The number of nitrogens with one attached hydrogen (secondary N) is 2. The van der Waals surface area contributed by atoms with Gasteiger partial charge in [0.05, 0.1) is 24.1 Å². The van der Waals surface area contributed by atoms with Gasteiger partial charge in [0.15, 0.2) is 5.13 Å². The molecule has 0 spiro atoms. The molecule has 0 unspecified atom stereocenters. The summed E-state index contributed by atoms with van der Waals surface area (Å²) in [6.45, 7) is 5.55. The molecule has 154 valence electrons. The summed E-state index contributed by atoms with van der Waals surface area (Å²) in [7, 11) is 0. The van der Waals surface area contributed by atoms with Crippen molar-refractivity contribution in [1.82, 2.24) is 10.4 Å². The van der Waals surface area contributed by atoms with Crippen LogP contribution in [0.3, 0.4) is 0 Å². The lowest BCUT2D eigenvalue weighted by Crippen LogP contribution is -2.26. The highest BCUT2D eigenvalue weighted by Gasteiger charge is 2.21. The summed E-state index contributed by atoms with van der Waals surface area (Å²) in [5, 5.41) is 9.31. The second-order valence-electron chi connectivity index (χ2n) is 6.66. The maximum atomic E-state index is 12.3. The number of para-hydroxylation sites is 2. The van der Waals surface area contributed by atoms with Crippen molar-refractivity contribution in [2.75, 3.05) is 16.8 Å². The summed E-state index contributed by atoms with van der Waals surface area (Å²) in [6, 6.07) is 15.3. The van der Waals surface area contributed by atoms with E-state index < -0.39 is 0 Å². The standard InChI is InChI=1S/C22H23N5O2S/c1-15-8-7-9-16(2)21(15)27(17(3)28)22-25-19(14-30-22)12-24-26-20(29)13-23-18-10-5-4-6-11-18/h4-12,14,23H,13H2,1-3H3,(H,26,29)/b24-12-. The number of aryl methyl sites for hydroxylation is 2. The topological polar surface area (TPSA) is 86.7 Å². The smallest absolute Gasteiger partial charge is 0.259 e. The van der Waals surface area contributed by atoms with E-state index in [1.165, 1.54) is 24.5 Å². The van der Waals surface area contributed by atoms with E-state index in [-0.39, 0.29) is 18.4 Å². The summed E-state index contributed by atoms with van der Waals surface area (Å²) < 4.78 is 0. The third-order valence-electron chi connectivity index (χ3n) is 4.29. The molecule has 8 heteroatoms. The van der Waals surface area contributed by atoms with E-state index in [0.29, 0.717) is 10.8 Å². The quantitative estimate of drug-likeness (QED) is 0.446. The fraction of sp³-hybridized carbons (Fsp3) is 0.182. The van der Waals surface area contributed by atoms with Gasteiger partial charge in [-0.2, -0.15) is 5.10 Å². The van der Waals surface area contributed by atoms with Crippen molar-refractivity contribution in [2.24, 2.45) is 5.10 Å². The molecule has 0 radical (unpaired) electrons. The molecular formula is C22H23N5O2S. The highest BCUT2D eigenvalue weighted by atomic mass is 32.1. The fourth-order valence-corrected chi connectivity index (χ4v) is 3.76. The zero-order valence-electron chi connectivity index (χ0n) is 17.0. The number of aromatic nitrogens is 1. The molecule has 2 N–H and O–H groups in total. The van der Waals surface area contributed by atoms with Crippen molar-refractivity contribution in [1.29, 1.82) is 0 Å². The van der Waals surface area contributed by atoms with E-state index in [1.807, 2.05) is 62.4 Å². The van der Waals surface area contributed by atoms with E-state index >= 15 is 0 Å². The Morgan fingerprint density at radius 2 is 1.80 bits per heavy atom. The predicted octanol–water partition coefficient (Wildman–Crippen LogP) is 4.01. The van der Waals surface area contributed by atoms with Crippen LogP contribution < -0.4 is 15.6 Å². The average molecular weight is 422 g/mol. The molecule has 2 aromatic carbocycles. The maximum absolute atomic E-state index is 12.3. The molecule has 1 aromatic heterocycles. The SMILES string of the molecule is CC(=O)N(c1nc(/C=N\NC(=O)CNc2ccccc2)cs1)c1c(C)cccc1C. The van der Waals surface area contributed by atoms with Gasteiger partial charge in [-0.25, -0.2) is 10.4 Å². The van der Waals surface area contributed by atoms with Crippen LogP contribution in [0, 0.1) is 13.8 Å². The third-order valence-corrected chi connectivity index (χ3v) is 5.14. The number of hydrogen-bond donors (Lipinski definition) is 2. The van der Waals surface area contributed by atoms with Crippen molar-refractivity contribution < 1.29 is 9.59 Å². The number of benzene rings is 2. The van der Waals surface area contributed by atoms with E-state index in [2.05, 4.69) is 20.8 Å². The second kappa shape index (κ2) is 9.80. The Hall–Kier alpha value is -3.52. The van der Waals surface area contributed by atoms with Crippen molar-refractivity contribution in [3.05, 3.63) is 70.7 Å². The number of hydrogen-bond acceptors (Lipinski definition) is 6. The number of nitrogens with zero attached hydrogens (tertiary/aromatic N) is 3. The summed E-state index contributed by atoms with van der Waals surface area (Å²) in [6.07, 6.45) is 1.46. The van der Waals surface area contributed by atoms with Gasteiger partial charge in [-0.3, -0.25) is 14.5 Å². The minimum absolute atomic E-state index is 0.106. The Balaban J connectivity index is 1.64. The molecule has 0 aliphatic heterocycles.